The van der Waals surface area contributed by atoms with Gasteiger partial charge in [-0.1, -0.05) is 89.5 Å². The summed E-state index contributed by atoms with van der Waals surface area (Å²) in [6.45, 7) is 7.36. The van der Waals surface area contributed by atoms with Crippen molar-refractivity contribution in [3.05, 3.63) is 77.7 Å². The first-order chi connectivity index (χ1) is 23.4. The highest BCUT2D eigenvalue weighted by atomic mass is 32.1. The minimum Gasteiger partial charge on any atom is -0.494 e. The van der Waals surface area contributed by atoms with E-state index in [1.165, 1.54) is 43.4 Å². The largest absolute Gasteiger partial charge is 0.494 e. The number of hydrogen-bond donors (Lipinski definition) is 0. The molecule has 1 unspecified atom stereocenters. The first kappa shape index (κ1) is 35.2. The fourth-order valence-corrected chi connectivity index (χ4v) is 6.43. The minimum absolute atomic E-state index is 0.381. The van der Waals surface area contributed by atoms with Gasteiger partial charge in [0.15, 0.2) is 6.10 Å². The summed E-state index contributed by atoms with van der Waals surface area (Å²) in [5.74, 6) is 0.820. The molecule has 254 valence electrons. The lowest BCUT2D eigenvalue weighted by Crippen LogP contribution is -2.26. The van der Waals surface area contributed by atoms with E-state index >= 15 is 0 Å². The van der Waals surface area contributed by atoms with Crippen molar-refractivity contribution < 1.29 is 33.0 Å². The summed E-state index contributed by atoms with van der Waals surface area (Å²) < 4.78 is 29.6. The Kier molecular flexibility index (Phi) is 13.1. The summed E-state index contributed by atoms with van der Waals surface area (Å²) in [5, 5.41) is 0.831. The number of esters is 2. The van der Waals surface area contributed by atoms with Crippen LogP contribution in [0.1, 0.15) is 94.7 Å². The van der Waals surface area contributed by atoms with Gasteiger partial charge in [-0.25, -0.2) is 9.59 Å². The third kappa shape index (κ3) is 9.70. The van der Waals surface area contributed by atoms with Crippen LogP contribution in [0.3, 0.4) is 0 Å². The van der Waals surface area contributed by atoms with Gasteiger partial charge < -0.3 is 23.4 Å². The van der Waals surface area contributed by atoms with Crippen molar-refractivity contribution in [1.82, 2.24) is 0 Å². The van der Waals surface area contributed by atoms with Gasteiger partial charge in [-0.2, -0.15) is 0 Å². The lowest BCUT2D eigenvalue weighted by molar-refractivity contribution is -0.146. The standard InChI is InChI=1S/C40H46O7S/c1-4-6-8-10-11-13-25-44-31-18-14-29(15-19-31)30-16-20-32(21-17-30)45-40(42)37-27-36-38(48-37)34-23-22-33(26-35(34)47-36)46-39(41)28(3)43-24-12-9-7-5-2/h14-23,26-28H,4-13,24-25H2,1-3H3. The number of ether oxygens (including phenoxy) is 4. The second-order valence-corrected chi connectivity index (χ2v) is 13.2. The zero-order valence-corrected chi connectivity index (χ0v) is 29.1. The summed E-state index contributed by atoms with van der Waals surface area (Å²) in [4.78, 5) is 26.0. The number of benzene rings is 3. The molecule has 48 heavy (non-hydrogen) atoms. The van der Waals surface area contributed by atoms with E-state index in [1.54, 1.807) is 37.3 Å². The molecule has 0 radical (unpaired) electrons. The molecule has 7 nitrogen and oxygen atoms in total. The number of rotatable bonds is 19. The number of thiophene rings is 1. The summed E-state index contributed by atoms with van der Waals surface area (Å²) in [6.07, 6.45) is 11.1. The Labute approximate surface area is 287 Å². The van der Waals surface area contributed by atoms with Gasteiger partial charge in [0.2, 0.25) is 0 Å². The van der Waals surface area contributed by atoms with Crippen LogP contribution in [0.5, 0.6) is 17.2 Å². The molecule has 2 heterocycles. The Hall–Kier alpha value is -4.14. The van der Waals surface area contributed by atoms with Crippen LogP contribution in [-0.2, 0) is 9.53 Å². The van der Waals surface area contributed by atoms with Crippen molar-refractivity contribution in [3.8, 4) is 28.4 Å². The van der Waals surface area contributed by atoms with Gasteiger partial charge in [0, 0.05) is 24.1 Å². The Bertz CT molecular complexity index is 1750. The summed E-state index contributed by atoms with van der Waals surface area (Å²) in [6, 6.07) is 22.5. The van der Waals surface area contributed by atoms with E-state index in [-0.39, 0.29) is 0 Å². The van der Waals surface area contributed by atoms with E-state index in [0.29, 0.717) is 34.1 Å². The number of unbranched alkanes of at least 4 members (excludes halogenated alkanes) is 8. The lowest BCUT2D eigenvalue weighted by atomic mass is 10.1. The van der Waals surface area contributed by atoms with E-state index in [1.807, 2.05) is 42.5 Å². The van der Waals surface area contributed by atoms with Crippen molar-refractivity contribution >= 4 is 44.5 Å². The summed E-state index contributed by atoms with van der Waals surface area (Å²) in [7, 11) is 0. The number of carbonyl (C=O) groups is 2. The van der Waals surface area contributed by atoms with E-state index in [4.69, 9.17) is 23.4 Å². The quantitative estimate of drug-likeness (QED) is 0.0491. The Balaban J connectivity index is 1.12. The summed E-state index contributed by atoms with van der Waals surface area (Å²) in [5.41, 5.74) is 3.22. The second-order valence-electron chi connectivity index (χ2n) is 12.1. The number of furan rings is 1. The Morgan fingerprint density at radius 1 is 0.667 bits per heavy atom. The zero-order valence-electron chi connectivity index (χ0n) is 28.3. The van der Waals surface area contributed by atoms with E-state index in [2.05, 4.69) is 13.8 Å². The lowest BCUT2D eigenvalue weighted by Gasteiger charge is -2.12. The van der Waals surface area contributed by atoms with Gasteiger partial charge in [-0.05, 0) is 67.3 Å². The average Bonchev–Trinajstić information content (AvgIpc) is 3.66. The molecule has 5 rings (SSSR count). The van der Waals surface area contributed by atoms with Crippen molar-refractivity contribution in [1.29, 1.82) is 0 Å². The van der Waals surface area contributed by atoms with Crippen LogP contribution in [0.2, 0.25) is 0 Å². The topological polar surface area (TPSA) is 84.2 Å². The normalized spacial score (nSPS) is 12.0. The van der Waals surface area contributed by atoms with Gasteiger partial charge in [-0.3, -0.25) is 0 Å². The van der Waals surface area contributed by atoms with Crippen molar-refractivity contribution in [2.45, 2.75) is 91.1 Å². The van der Waals surface area contributed by atoms with E-state index < -0.39 is 18.0 Å². The molecule has 0 aliphatic rings. The molecule has 0 fully saturated rings. The first-order valence-corrected chi connectivity index (χ1v) is 18.1. The molecule has 2 aromatic heterocycles. The van der Waals surface area contributed by atoms with Crippen LogP contribution < -0.4 is 14.2 Å². The van der Waals surface area contributed by atoms with Gasteiger partial charge in [0.05, 0.1) is 11.3 Å². The minimum atomic E-state index is -0.654. The van der Waals surface area contributed by atoms with Crippen LogP contribution >= 0.6 is 11.3 Å². The van der Waals surface area contributed by atoms with Crippen LogP contribution in [0.4, 0.5) is 0 Å². The van der Waals surface area contributed by atoms with Crippen LogP contribution in [-0.4, -0.2) is 31.3 Å². The van der Waals surface area contributed by atoms with Crippen molar-refractivity contribution in [2.24, 2.45) is 0 Å². The van der Waals surface area contributed by atoms with Crippen LogP contribution in [0, 0.1) is 0 Å². The molecule has 1 atom stereocenters. The highest BCUT2D eigenvalue weighted by Crippen LogP contribution is 2.37. The third-order valence-corrected chi connectivity index (χ3v) is 9.38. The van der Waals surface area contributed by atoms with Crippen LogP contribution in [0.15, 0.2) is 77.2 Å². The number of carbonyl (C=O) groups excluding carboxylic acids is 2. The molecule has 0 saturated heterocycles. The monoisotopic (exact) mass is 670 g/mol. The van der Waals surface area contributed by atoms with Gasteiger partial charge in [-0.15, -0.1) is 11.3 Å². The molecule has 3 aromatic carbocycles. The number of fused-ring (bicyclic) bond motifs is 3. The van der Waals surface area contributed by atoms with Crippen LogP contribution in [0.25, 0.3) is 32.4 Å². The predicted molar refractivity (Wildman–Crippen MR) is 192 cm³/mol. The van der Waals surface area contributed by atoms with E-state index in [9.17, 15) is 9.59 Å². The van der Waals surface area contributed by atoms with Gasteiger partial charge >= 0.3 is 11.9 Å². The SMILES string of the molecule is CCCCCCCCOc1ccc(-c2ccc(OC(=O)c3cc4oc5cc(OC(=O)C(C)OCCCCCC)ccc5c4s3)cc2)cc1. The zero-order chi connectivity index (χ0) is 33.7. The highest BCUT2D eigenvalue weighted by molar-refractivity contribution is 7.21. The average molecular weight is 671 g/mol. The molecular weight excluding hydrogens is 625 g/mol. The van der Waals surface area contributed by atoms with Gasteiger partial charge in [0.25, 0.3) is 0 Å². The molecule has 0 aliphatic carbocycles. The first-order valence-electron chi connectivity index (χ1n) is 17.3. The molecule has 0 saturated carbocycles. The Morgan fingerprint density at radius 3 is 1.98 bits per heavy atom. The molecule has 0 spiro atoms. The van der Waals surface area contributed by atoms with Gasteiger partial charge in [0.1, 0.15) is 33.3 Å². The highest BCUT2D eigenvalue weighted by Gasteiger charge is 2.20. The van der Waals surface area contributed by atoms with Crippen molar-refractivity contribution in [3.63, 3.8) is 0 Å². The maximum Gasteiger partial charge on any atom is 0.353 e. The fourth-order valence-electron chi connectivity index (χ4n) is 5.44. The molecule has 0 amide bonds. The molecule has 0 bridgehead atoms. The smallest absolute Gasteiger partial charge is 0.353 e. The second kappa shape index (κ2) is 17.9. The Morgan fingerprint density at radius 2 is 1.27 bits per heavy atom. The maximum atomic E-state index is 13.0. The fraction of sp³-hybridized carbons (Fsp3) is 0.400. The molecular formula is C40H46O7S. The molecule has 8 heteroatoms. The predicted octanol–water partition coefficient (Wildman–Crippen LogP) is 11.2. The van der Waals surface area contributed by atoms with E-state index in [0.717, 1.165) is 65.7 Å². The molecule has 0 aliphatic heterocycles. The maximum absolute atomic E-state index is 13.0. The molecule has 0 N–H and O–H groups in total. The third-order valence-electron chi connectivity index (χ3n) is 8.25. The number of hydrogen-bond acceptors (Lipinski definition) is 8. The van der Waals surface area contributed by atoms with Crippen molar-refractivity contribution in [2.75, 3.05) is 13.2 Å². The summed E-state index contributed by atoms with van der Waals surface area (Å²) >= 11 is 1.30. The molecule has 5 aromatic rings.